The van der Waals surface area contributed by atoms with Gasteiger partial charge < -0.3 is 19.9 Å². The van der Waals surface area contributed by atoms with Crippen LogP contribution in [-0.4, -0.2) is 56.3 Å². The zero-order chi connectivity index (χ0) is 15.2. The Morgan fingerprint density at radius 3 is 2.76 bits per heavy atom. The van der Waals surface area contributed by atoms with E-state index in [2.05, 4.69) is 20.2 Å². The third-order valence-corrected chi connectivity index (χ3v) is 3.22. The molecule has 0 saturated carbocycles. The Bertz CT molecular complexity index is 486. The highest BCUT2D eigenvalue weighted by Crippen LogP contribution is 2.24. The summed E-state index contributed by atoms with van der Waals surface area (Å²) >= 11 is 0. The lowest BCUT2D eigenvalue weighted by Gasteiger charge is -2.28. The van der Waals surface area contributed by atoms with Crippen molar-refractivity contribution in [2.24, 2.45) is 0 Å². The number of amides is 1. The molecule has 0 spiro atoms. The maximum atomic E-state index is 11.8. The molecule has 1 aliphatic heterocycles. The molecule has 2 rings (SSSR count). The van der Waals surface area contributed by atoms with Crippen molar-refractivity contribution in [2.75, 3.05) is 55.5 Å². The molecule has 7 heteroatoms. The Hall–Kier alpha value is -1.89. The summed E-state index contributed by atoms with van der Waals surface area (Å²) in [6.07, 6.45) is 2.99. The quantitative estimate of drug-likeness (QED) is 0.877. The maximum Gasteiger partial charge on any atom is 0.227 e. The van der Waals surface area contributed by atoms with Gasteiger partial charge in [0.25, 0.3) is 0 Å². The van der Waals surface area contributed by atoms with Crippen molar-refractivity contribution >= 4 is 23.4 Å². The van der Waals surface area contributed by atoms with Crippen LogP contribution in [-0.2, 0) is 9.53 Å². The molecule has 0 aromatic carbocycles. The molecule has 0 radical (unpaired) electrons. The fourth-order valence-corrected chi connectivity index (χ4v) is 2.15. The van der Waals surface area contributed by atoms with Gasteiger partial charge in [-0.2, -0.15) is 4.98 Å². The number of nitrogens with one attached hydrogen (secondary N) is 1. The molecule has 2 heterocycles. The third kappa shape index (κ3) is 4.04. The number of hydrogen-bond donors (Lipinski definition) is 1. The first kappa shape index (κ1) is 15.5. The number of anilines is 3. The van der Waals surface area contributed by atoms with Gasteiger partial charge in [-0.05, 0) is 6.42 Å². The van der Waals surface area contributed by atoms with Gasteiger partial charge in [0.05, 0.1) is 19.4 Å². The first-order valence-corrected chi connectivity index (χ1v) is 7.28. The molecular weight excluding hydrogens is 270 g/mol. The second-order valence-corrected chi connectivity index (χ2v) is 5.20. The Kier molecular flexibility index (Phi) is 5.32. The van der Waals surface area contributed by atoms with Gasteiger partial charge in [0.1, 0.15) is 5.69 Å². The number of morpholine rings is 1. The third-order valence-electron chi connectivity index (χ3n) is 3.22. The number of hydrogen-bond acceptors (Lipinski definition) is 6. The van der Waals surface area contributed by atoms with Crippen molar-refractivity contribution < 1.29 is 9.53 Å². The zero-order valence-electron chi connectivity index (χ0n) is 12.9. The van der Waals surface area contributed by atoms with E-state index in [4.69, 9.17) is 4.74 Å². The van der Waals surface area contributed by atoms with Crippen LogP contribution in [0.1, 0.15) is 19.8 Å². The normalized spacial score (nSPS) is 14.9. The first-order chi connectivity index (χ1) is 10.1. The Morgan fingerprint density at radius 2 is 2.14 bits per heavy atom. The van der Waals surface area contributed by atoms with E-state index in [0.29, 0.717) is 31.3 Å². The van der Waals surface area contributed by atoms with Crippen LogP contribution in [0, 0.1) is 0 Å². The summed E-state index contributed by atoms with van der Waals surface area (Å²) in [5.41, 5.74) is 0.649. The Labute approximate surface area is 125 Å². The predicted molar refractivity (Wildman–Crippen MR) is 82.9 cm³/mol. The highest BCUT2D eigenvalue weighted by molar-refractivity contribution is 5.93. The minimum atomic E-state index is -0.0108. The fourth-order valence-electron chi connectivity index (χ4n) is 2.15. The van der Waals surface area contributed by atoms with Crippen LogP contribution in [0.3, 0.4) is 0 Å². The van der Waals surface area contributed by atoms with E-state index in [9.17, 15) is 4.79 Å². The number of rotatable bonds is 5. The van der Waals surface area contributed by atoms with E-state index in [1.165, 1.54) is 0 Å². The molecule has 0 atom stereocenters. The van der Waals surface area contributed by atoms with E-state index in [1.54, 1.807) is 6.20 Å². The first-order valence-electron chi connectivity index (χ1n) is 7.28. The average Bonchev–Trinajstić information content (AvgIpc) is 2.48. The molecule has 7 nitrogen and oxygen atoms in total. The van der Waals surface area contributed by atoms with Crippen LogP contribution in [0.25, 0.3) is 0 Å². The highest BCUT2D eigenvalue weighted by Gasteiger charge is 2.17. The van der Waals surface area contributed by atoms with Gasteiger partial charge in [-0.15, -0.1) is 0 Å². The number of carbonyl (C=O) groups excluding carboxylic acids is 1. The molecule has 1 amide bonds. The van der Waals surface area contributed by atoms with Gasteiger partial charge in [-0.25, -0.2) is 4.98 Å². The smallest absolute Gasteiger partial charge is 0.227 e. The van der Waals surface area contributed by atoms with Crippen molar-refractivity contribution in [3.63, 3.8) is 0 Å². The largest absolute Gasteiger partial charge is 0.378 e. The van der Waals surface area contributed by atoms with E-state index >= 15 is 0 Å². The van der Waals surface area contributed by atoms with E-state index in [1.807, 2.05) is 25.9 Å². The van der Waals surface area contributed by atoms with Crippen LogP contribution < -0.4 is 15.1 Å². The molecule has 1 aromatic heterocycles. The summed E-state index contributed by atoms with van der Waals surface area (Å²) in [5.74, 6) is 1.38. The lowest BCUT2D eigenvalue weighted by molar-refractivity contribution is -0.116. The van der Waals surface area contributed by atoms with Gasteiger partial charge in [-0.3, -0.25) is 4.79 Å². The Balaban J connectivity index is 2.20. The van der Waals surface area contributed by atoms with Gasteiger partial charge in [0, 0.05) is 33.6 Å². The SMILES string of the molecule is CCCC(=O)Nc1cnc(N2CCOCC2)nc1N(C)C. The molecule has 21 heavy (non-hydrogen) atoms. The zero-order valence-corrected chi connectivity index (χ0v) is 12.9. The minimum Gasteiger partial charge on any atom is -0.378 e. The molecule has 1 aromatic rings. The second kappa shape index (κ2) is 7.21. The number of carbonyl (C=O) groups is 1. The summed E-state index contributed by atoms with van der Waals surface area (Å²) in [5, 5.41) is 2.87. The molecule has 0 aliphatic carbocycles. The summed E-state index contributed by atoms with van der Waals surface area (Å²) in [7, 11) is 3.81. The topological polar surface area (TPSA) is 70.6 Å². The molecule has 1 fully saturated rings. The van der Waals surface area contributed by atoms with Crippen LogP contribution in [0.2, 0.25) is 0 Å². The van der Waals surface area contributed by atoms with Crippen molar-refractivity contribution in [3.8, 4) is 0 Å². The van der Waals surface area contributed by atoms with Gasteiger partial charge in [-0.1, -0.05) is 6.92 Å². The molecule has 0 unspecified atom stereocenters. The predicted octanol–water partition coefficient (Wildman–Crippen LogP) is 1.12. The van der Waals surface area contributed by atoms with Crippen LogP contribution >= 0.6 is 0 Å². The van der Waals surface area contributed by atoms with Crippen LogP contribution in [0.15, 0.2) is 6.20 Å². The summed E-state index contributed by atoms with van der Waals surface area (Å²) in [6, 6.07) is 0. The maximum absolute atomic E-state index is 11.8. The number of ether oxygens (including phenoxy) is 1. The molecule has 116 valence electrons. The van der Waals surface area contributed by atoms with Gasteiger partial charge >= 0.3 is 0 Å². The van der Waals surface area contributed by atoms with E-state index < -0.39 is 0 Å². The lowest BCUT2D eigenvalue weighted by Crippen LogP contribution is -2.37. The van der Waals surface area contributed by atoms with Gasteiger partial charge in [0.2, 0.25) is 11.9 Å². The van der Waals surface area contributed by atoms with Crippen molar-refractivity contribution in [1.82, 2.24) is 9.97 Å². The lowest BCUT2D eigenvalue weighted by atomic mass is 10.3. The highest BCUT2D eigenvalue weighted by atomic mass is 16.5. The summed E-state index contributed by atoms with van der Waals surface area (Å²) in [6.45, 7) is 4.93. The second-order valence-electron chi connectivity index (χ2n) is 5.20. The summed E-state index contributed by atoms with van der Waals surface area (Å²) < 4.78 is 5.34. The molecule has 0 bridgehead atoms. The van der Waals surface area contributed by atoms with Gasteiger partial charge in [0.15, 0.2) is 5.82 Å². The number of aromatic nitrogens is 2. The standard InChI is InChI=1S/C14H23N5O2/c1-4-5-12(20)16-11-10-15-14(17-13(11)18(2)3)19-6-8-21-9-7-19/h10H,4-9H2,1-3H3,(H,16,20). The van der Waals surface area contributed by atoms with Crippen molar-refractivity contribution in [3.05, 3.63) is 6.20 Å². The molecule has 1 N–H and O–H groups in total. The molecular formula is C14H23N5O2. The molecule has 1 saturated heterocycles. The average molecular weight is 293 g/mol. The number of nitrogens with zero attached hydrogens (tertiary/aromatic N) is 4. The summed E-state index contributed by atoms with van der Waals surface area (Å²) in [4.78, 5) is 24.7. The van der Waals surface area contributed by atoms with Crippen molar-refractivity contribution in [1.29, 1.82) is 0 Å². The monoisotopic (exact) mass is 293 g/mol. The van der Waals surface area contributed by atoms with Crippen LogP contribution in [0.4, 0.5) is 17.5 Å². The fraction of sp³-hybridized carbons (Fsp3) is 0.643. The minimum absolute atomic E-state index is 0.0108. The van der Waals surface area contributed by atoms with E-state index in [-0.39, 0.29) is 5.91 Å². The van der Waals surface area contributed by atoms with Crippen LogP contribution in [0.5, 0.6) is 0 Å². The van der Waals surface area contributed by atoms with E-state index in [0.717, 1.165) is 25.3 Å². The van der Waals surface area contributed by atoms with Crippen molar-refractivity contribution in [2.45, 2.75) is 19.8 Å². The Morgan fingerprint density at radius 1 is 1.43 bits per heavy atom. The molecule has 1 aliphatic rings.